The summed E-state index contributed by atoms with van der Waals surface area (Å²) in [5.41, 5.74) is 0.661. The van der Waals surface area contributed by atoms with Gasteiger partial charge in [-0.15, -0.1) is 0 Å². The molecule has 2 saturated heterocycles. The number of anilines is 1. The third-order valence-electron chi connectivity index (χ3n) is 6.55. The Morgan fingerprint density at radius 3 is 2.59 bits per heavy atom. The highest BCUT2D eigenvalue weighted by molar-refractivity contribution is 5.89. The molecule has 160 valence electrons. The standard InChI is InChI=1S/C22H33N3O4/c1-3-24(4-2)18-7-12-29-22(16-18)8-10-25(11-9-22)21(26)23-17-5-6-19-20(15-17)28-14-13-27-19/h5-6,15,18H,3-4,7-14,16H2,1-2H3,(H,23,26). The number of piperidine rings is 1. The second kappa shape index (κ2) is 8.79. The zero-order valence-corrected chi connectivity index (χ0v) is 17.6. The number of hydrogen-bond donors (Lipinski definition) is 1. The first-order chi connectivity index (χ1) is 14.1. The van der Waals surface area contributed by atoms with E-state index in [0.717, 1.165) is 69.9 Å². The van der Waals surface area contributed by atoms with Gasteiger partial charge < -0.3 is 29.3 Å². The van der Waals surface area contributed by atoms with Crippen molar-refractivity contribution in [2.75, 3.05) is 51.3 Å². The largest absolute Gasteiger partial charge is 0.486 e. The van der Waals surface area contributed by atoms with Crippen LogP contribution >= 0.6 is 0 Å². The molecule has 3 heterocycles. The molecule has 2 fully saturated rings. The van der Waals surface area contributed by atoms with Crippen LogP contribution in [0.15, 0.2) is 18.2 Å². The Morgan fingerprint density at radius 1 is 1.14 bits per heavy atom. The number of nitrogens with one attached hydrogen (secondary N) is 1. The third kappa shape index (κ3) is 4.46. The molecule has 0 aliphatic carbocycles. The van der Waals surface area contributed by atoms with Crippen molar-refractivity contribution in [3.05, 3.63) is 18.2 Å². The van der Waals surface area contributed by atoms with Gasteiger partial charge in [0.1, 0.15) is 13.2 Å². The Bertz CT molecular complexity index is 714. The average Bonchev–Trinajstić information content (AvgIpc) is 2.75. The molecule has 1 aromatic rings. The molecule has 2 amide bonds. The lowest BCUT2D eigenvalue weighted by Crippen LogP contribution is -2.55. The zero-order valence-electron chi connectivity index (χ0n) is 17.6. The van der Waals surface area contributed by atoms with Crippen molar-refractivity contribution in [2.24, 2.45) is 0 Å². The number of carbonyl (C=O) groups excluding carboxylic acids is 1. The summed E-state index contributed by atoms with van der Waals surface area (Å²) in [6.07, 6.45) is 3.99. The maximum atomic E-state index is 12.8. The molecular weight excluding hydrogens is 370 g/mol. The Morgan fingerprint density at radius 2 is 1.86 bits per heavy atom. The Labute approximate surface area is 173 Å². The van der Waals surface area contributed by atoms with Crippen molar-refractivity contribution in [1.82, 2.24) is 9.80 Å². The van der Waals surface area contributed by atoms with Crippen molar-refractivity contribution in [2.45, 2.75) is 51.2 Å². The van der Waals surface area contributed by atoms with E-state index in [1.54, 1.807) is 0 Å². The highest BCUT2D eigenvalue weighted by Crippen LogP contribution is 2.37. The Balaban J connectivity index is 1.32. The van der Waals surface area contributed by atoms with Gasteiger partial charge in [-0.2, -0.15) is 0 Å². The summed E-state index contributed by atoms with van der Waals surface area (Å²) in [5.74, 6) is 1.41. The molecule has 0 radical (unpaired) electrons. The van der Waals surface area contributed by atoms with Crippen LogP contribution in [0.1, 0.15) is 39.5 Å². The predicted octanol–water partition coefficient (Wildman–Crippen LogP) is 3.35. The van der Waals surface area contributed by atoms with E-state index in [0.29, 0.717) is 25.0 Å². The maximum Gasteiger partial charge on any atom is 0.321 e. The lowest BCUT2D eigenvalue weighted by Gasteiger charge is -2.48. The van der Waals surface area contributed by atoms with Gasteiger partial charge >= 0.3 is 6.03 Å². The van der Waals surface area contributed by atoms with Crippen molar-refractivity contribution < 1.29 is 19.0 Å². The first kappa shape index (κ1) is 20.3. The van der Waals surface area contributed by atoms with Gasteiger partial charge in [-0.1, -0.05) is 13.8 Å². The summed E-state index contributed by atoms with van der Waals surface area (Å²) in [5, 5.41) is 3.00. The first-order valence-electron chi connectivity index (χ1n) is 11.0. The number of likely N-dealkylation sites (tertiary alicyclic amines) is 1. The molecule has 3 aliphatic heterocycles. The maximum absolute atomic E-state index is 12.8. The highest BCUT2D eigenvalue weighted by Gasteiger charge is 2.42. The molecule has 29 heavy (non-hydrogen) atoms. The van der Waals surface area contributed by atoms with Crippen LogP contribution < -0.4 is 14.8 Å². The highest BCUT2D eigenvalue weighted by atomic mass is 16.6. The quantitative estimate of drug-likeness (QED) is 0.835. The SMILES string of the molecule is CCN(CC)C1CCOC2(CCN(C(=O)Nc3ccc4c(c3)OCCO4)CC2)C1. The minimum atomic E-state index is -0.0702. The molecule has 1 atom stereocenters. The van der Waals surface area contributed by atoms with Crippen molar-refractivity contribution in [3.8, 4) is 11.5 Å². The smallest absolute Gasteiger partial charge is 0.321 e. The number of urea groups is 1. The minimum absolute atomic E-state index is 0.0624. The average molecular weight is 404 g/mol. The molecule has 1 spiro atoms. The van der Waals surface area contributed by atoms with Crippen molar-refractivity contribution >= 4 is 11.7 Å². The van der Waals surface area contributed by atoms with Crippen LogP contribution in [0.3, 0.4) is 0 Å². The summed E-state index contributed by atoms with van der Waals surface area (Å²) >= 11 is 0. The fourth-order valence-corrected chi connectivity index (χ4v) is 4.84. The lowest BCUT2D eigenvalue weighted by molar-refractivity contribution is -0.128. The van der Waals surface area contributed by atoms with Gasteiger partial charge in [0.15, 0.2) is 11.5 Å². The van der Waals surface area contributed by atoms with E-state index in [4.69, 9.17) is 14.2 Å². The fraction of sp³-hybridized carbons (Fsp3) is 0.682. The number of rotatable bonds is 4. The number of fused-ring (bicyclic) bond motifs is 1. The number of ether oxygens (including phenoxy) is 3. The molecule has 1 aromatic carbocycles. The zero-order chi connectivity index (χ0) is 20.3. The molecule has 1 unspecified atom stereocenters. The number of carbonyl (C=O) groups is 1. The van der Waals surface area contributed by atoms with Gasteiger partial charge in [-0.25, -0.2) is 4.79 Å². The summed E-state index contributed by atoms with van der Waals surface area (Å²) in [7, 11) is 0. The van der Waals surface area contributed by atoms with E-state index in [9.17, 15) is 4.79 Å². The molecule has 0 saturated carbocycles. The summed E-state index contributed by atoms with van der Waals surface area (Å²) in [6, 6.07) is 6.06. The van der Waals surface area contributed by atoms with Gasteiger partial charge in [0.05, 0.1) is 5.60 Å². The predicted molar refractivity (Wildman–Crippen MR) is 112 cm³/mol. The van der Waals surface area contributed by atoms with Crippen LogP contribution in [-0.4, -0.2) is 73.5 Å². The number of benzene rings is 1. The van der Waals surface area contributed by atoms with Gasteiger partial charge in [0.2, 0.25) is 0 Å². The Kier molecular flexibility index (Phi) is 6.15. The summed E-state index contributed by atoms with van der Waals surface area (Å²) in [6.45, 7) is 10.0. The van der Waals surface area contributed by atoms with E-state index >= 15 is 0 Å². The molecule has 7 nitrogen and oxygen atoms in total. The van der Waals surface area contributed by atoms with Crippen LogP contribution in [0.4, 0.5) is 10.5 Å². The second-order valence-corrected chi connectivity index (χ2v) is 8.17. The molecule has 4 rings (SSSR count). The monoisotopic (exact) mass is 403 g/mol. The second-order valence-electron chi connectivity index (χ2n) is 8.17. The van der Waals surface area contributed by atoms with E-state index in [1.165, 1.54) is 0 Å². The molecule has 0 bridgehead atoms. The van der Waals surface area contributed by atoms with Crippen LogP contribution in [0.2, 0.25) is 0 Å². The number of amides is 2. The van der Waals surface area contributed by atoms with Gasteiger partial charge in [-0.05, 0) is 50.9 Å². The van der Waals surface area contributed by atoms with Gasteiger partial charge in [0, 0.05) is 37.5 Å². The van der Waals surface area contributed by atoms with E-state index in [1.807, 2.05) is 23.1 Å². The number of nitrogens with zero attached hydrogens (tertiary/aromatic N) is 2. The normalized spacial score (nSPS) is 23.3. The molecule has 7 heteroatoms. The van der Waals surface area contributed by atoms with Crippen LogP contribution in [0.25, 0.3) is 0 Å². The van der Waals surface area contributed by atoms with Crippen LogP contribution in [0.5, 0.6) is 11.5 Å². The lowest BCUT2D eigenvalue weighted by atomic mass is 9.82. The van der Waals surface area contributed by atoms with Crippen molar-refractivity contribution in [1.29, 1.82) is 0 Å². The van der Waals surface area contributed by atoms with E-state index in [2.05, 4.69) is 24.1 Å². The number of hydrogen-bond acceptors (Lipinski definition) is 5. The van der Waals surface area contributed by atoms with Crippen molar-refractivity contribution in [3.63, 3.8) is 0 Å². The fourth-order valence-electron chi connectivity index (χ4n) is 4.84. The molecular formula is C22H33N3O4. The molecule has 1 N–H and O–H groups in total. The van der Waals surface area contributed by atoms with Crippen LogP contribution in [0, 0.1) is 0 Å². The Hall–Kier alpha value is -1.99. The summed E-state index contributed by atoms with van der Waals surface area (Å²) in [4.78, 5) is 17.2. The molecule has 0 aromatic heterocycles. The molecule has 3 aliphatic rings. The summed E-state index contributed by atoms with van der Waals surface area (Å²) < 4.78 is 17.4. The van der Waals surface area contributed by atoms with E-state index < -0.39 is 0 Å². The topological polar surface area (TPSA) is 63.3 Å². The van der Waals surface area contributed by atoms with Gasteiger partial charge in [-0.3, -0.25) is 0 Å². The van der Waals surface area contributed by atoms with E-state index in [-0.39, 0.29) is 11.6 Å². The van der Waals surface area contributed by atoms with Crippen LogP contribution in [-0.2, 0) is 4.74 Å². The van der Waals surface area contributed by atoms with Gasteiger partial charge in [0.25, 0.3) is 0 Å². The first-order valence-corrected chi connectivity index (χ1v) is 11.0. The third-order valence-corrected chi connectivity index (χ3v) is 6.55. The minimum Gasteiger partial charge on any atom is -0.486 e.